The van der Waals surface area contributed by atoms with E-state index in [0.29, 0.717) is 26.1 Å². The van der Waals surface area contributed by atoms with Gasteiger partial charge in [0.1, 0.15) is 5.41 Å². The van der Waals surface area contributed by atoms with E-state index in [-0.39, 0.29) is 15.7 Å². The molecule has 1 aliphatic heterocycles. The number of hydrogen-bond acceptors (Lipinski definition) is 3. The van der Waals surface area contributed by atoms with Crippen LogP contribution < -0.4 is 11.1 Å². The van der Waals surface area contributed by atoms with Gasteiger partial charge in [0.25, 0.3) is 0 Å². The molecule has 1 amide bonds. The molecule has 0 saturated carbocycles. The lowest BCUT2D eigenvalue weighted by Gasteiger charge is -2.34. The summed E-state index contributed by atoms with van der Waals surface area (Å²) in [5.41, 5.74) is 4.74. The average molecular weight is 317 g/mol. The van der Waals surface area contributed by atoms with Crippen molar-refractivity contribution in [2.24, 2.45) is 11.1 Å². The fraction of sp³-hybridized carbons (Fsp3) is 0.385. The fourth-order valence-corrected chi connectivity index (χ4v) is 2.62. The summed E-state index contributed by atoms with van der Waals surface area (Å²) in [6.45, 7) is 0.783. The monoisotopic (exact) mass is 316 g/mol. The largest absolute Gasteiger partial charge is 0.392 e. The summed E-state index contributed by atoms with van der Waals surface area (Å²) in [6, 6.07) is 4.40. The number of ether oxygens (including phenoxy) is 1. The van der Waals surface area contributed by atoms with Crippen molar-refractivity contribution in [3.05, 3.63) is 29.0 Å². The smallest absolute Gasteiger partial charge is 0.237 e. The number of nitrogens with two attached hydrogens (primary N) is 1. The summed E-state index contributed by atoms with van der Waals surface area (Å²) >= 11 is 10.7. The number of benzene rings is 1. The third kappa shape index (κ3) is 2.77. The molecule has 1 aromatic rings. The third-order valence-electron chi connectivity index (χ3n) is 3.45. The molecule has 3 N–H and O–H groups in total. The molecule has 0 atom stereocenters. The first-order chi connectivity index (χ1) is 9.47. The maximum atomic E-state index is 13.8. The van der Waals surface area contributed by atoms with E-state index in [4.69, 9.17) is 34.3 Å². The minimum absolute atomic E-state index is 0.0182. The number of hydrogen-bond donors (Lipinski definition) is 2. The summed E-state index contributed by atoms with van der Waals surface area (Å²) in [5, 5.41) is 2.47. The molecule has 1 heterocycles. The minimum Gasteiger partial charge on any atom is -0.392 e. The van der Waals surface area contributed by atoms with Crippen LogP contribution >= 0.6 is 23.8 Å². The van der Waals surface area contributed by atoms with Crippen LogP contribution in [0.1, 0.15) is 12.8 Å². The Morgan fingerprint density at radius 2 is 2.10 bits per heavy atom. The molecule has 0 aromatic heterocycles. The summed E-state index contributed by atoms with van der Waals surface area (Å²) in [7, 11) is 0. The Kier molecular flexibility index (Phi) is 4.57. The molecule has 0 unspecified atom stereocenters. The second-order valence-electron chi connectivity index (χ2n) is 4.61. The SMILES string of the molecule is NC(=S)C1(C(=O)Nc2cccc(Cl)c2F)CCOCC1. The van der Waals surface area contributed by atoms with Crippen LogP contribution in [0.25, 0.3) is 0 Å². The molecule has 2 rings (SSSR count). The van der Waals surface area contributed by atoms with Gasteiger partial charge in [0.2, 0.25) is 5.91 Å². The maximum absolute atomic E-state index is 13.8. The Morgan fingerprint density at radius 3 is 2.70 bits per heavy atom. The van der Waals surface area contributed by atoms with Crippen molar-refractivity contribution in [2.75, 3.05) is 18.5 Å². The van der Waals surface area contributed by atoms with Gasteiger partial charge in [0.15, 0.2) is 5.82 Å². The molecule has 1 aliphatic rings. The van der Waals surface area contributed by atoms with Gasteiger partial charge in [-0.2, -0.15) is 0 Å². The summed E-state index contributed by atoms with van der Waals surface area (Å²) in [5.74, 6) is -1.10. The summed E-state index contributed by atoms with van der Waals surface area (Å²) < 4.78 is 19.0. The van der Waals surface area contributed by atoms with E-state index in [1.54, 1.807) is 6.07 Å². The van der Waals surface area contributed by atoms with Crippen molar-refractivity contribution in [2.45, 2.75) is 12.8 Å². The predicted molar refractivity (Wildman–Crippen MR) is 79.3 cm³/mol. The van der Waals surface area contributed by atoms with Crippen LogP contribution in [0.3, 0.4) is 0 Å². The van der Waals surface area contributed by atoms with Crippen molar-refractivity contribution in [3.8, 4) is 0 Å². The zero-order valence-electron chi connectivity index (χ0n) is 10.6. The molecule has 0 aliphatic carbocycles. The first-order valence-corrected chi connectivity index (χ1v) is 6.89. The normalized spacial score (nSPS) is 17.5. The molecule has 1 saturated heterocycles. The van der Waals surface area contributed by atoms with Gasteiger partial charge < -0.3 is 15.8 Å². The number of thiocarbonyl (C=S) groups is 1. The van der Waals surface area contributed by atoms with E-state index < -0.39 is 17.1 Å². The minimum atomic E-state index is -0.998. The Hall–Kier alpha value is -1.24. The van der Waals surface area contributed by atoms with E-state index in [2.05, 4.69) is 5.32 Å². The van der Waals surface area contributed by atoms with E-state index in [1.807, 2.05) is 0 Å². The second kappa shape index (κ2) is 6.03. The highest BCUT2D eigenvalue weighted by Crippen LogP contribution is 2.33. The van der Waals surface area contributed by atoms with Crippen LogP contribution in [0.4, 0.5) is 10.1 Å². The number of carbonyl (C=O) groups excluding carboxylic acids is 1. The highest BCUT2D eigenvalue weighted by Gasteiger charge is 2.43. The first-order valence-electron chi connectivity index (χ1n) is 6.10. The van der Waals surface area contributed by atoms with Gasteiger partial charge in [-0.05, 0) is 25.0 Å². The molecule has 0 radical (unpaired) electrons. The highest BCUT2D eigenvalue weighted by atomic mass is 35.5. The molecule has 20 heavy (non-hydrogen) atoms. The van der Waals surface area contributed by atoms with Crippen LogP contribution in [-0.2, 0) is 9.53 Å². The molecule has 1 aromatic carbocycles. The van der Waals surface area contributed by atoms with E-state index in [0.717, 1.165) is 0 Å². The molecule has 0 bridgehead atoms. The van der Waals surface area contributed by atoms with Gasteiger partial charge >= 0.3 is 0 Å². The van der Waals surface area contributed by atoms with Crippen LogP contribution in [0.2, 0.25) is 5.02 Å². The van der Waals surface area contributed by atoms with Crippen molar-refractivity contribution >= 4 is 40.4 Å². The Morgan fingerprint density at radius 1 is 1.45 bits per heavy atom. The molecular formula is C13H14ClFN2O2S. The number of nitrogens with one attached hydrogen (secondary N) is 1. The van der Waals surface area contributed by atoms with Crippen molar-refractivity contribution in [3.63, 3.8) is 0 Å². The van der Waals surface area contributed by atoms with Gasteiger partial charge in [-0.15, -0.1) is 0 Å². The van der Waals surface area contributed by atoms with Gasteiger partial charge in [0, 0.05) is 13.2 Å². The average Bonchev–Trinajstić information content (AvgIpc) is 2.44. The Labute approximate surface area is 126 Å². The predicted octanol–water partition coefficient (Wildman–Crippen LogP) is 2.50. The highest BCUT2D eigenvalue weighted by molar-refractivity contribution is 7.80. The zero-order chi connectivity index (χ0) is 14.8. The van der Waals surface area contributed by atoms with Gasteiger partial charge in [0.05, 0.1) is 15.7 Å². The molecule has 1 fully saturated rings. The molecule has 4 nitrogen and oxygen atoms in total. The maximum Gasteiger partial charge on any atom is 0.237 e. The fourth-order valence-electron chi connectivity index (χ4n) is 2.15. The van der Waals surface area contributed by atoms with Crippen molar-refractivity contribution in [1.29, 1.82) is 0 Å². The first kappa shape index (κ1) is 15.2. The standard InChI is InChI=1S/C13H14ClFN2O2S/c14-8-2-1-3-9(10(8)15)17-12(18)13(11(16)20)4-6-19-7-5-13/h1-3H,4-7H2,(H2,16,20)(H,17,18). The number of halogens is 2. The zero-order valence-corrected chi connectivity index (χ0v) is 12.2. The molecule has 0 spiro atoms. The van der Waals surface area contributed by atoms with E-state index in [9.17, 15) is 9.18 Å². The molecule has 7 heteroatoms. The summed E-state index contributed by atoms with van der Waals surface area (Å²) in [6.07, 6.45) is 0.771. The van der Waals surface area contributed by atoms with Crippen LogP contribution in [0.5, 0.6) is 0 Å². The van der Waals surface area contributed by atoms with Crippen LogP contribution in [-0.4, -0.2) is 24.1 Å². The number of anilines is 1. The van der Waals surface area contributed by atoms with E-state index >= 15 is 0 Å². The van der Waals surface area contributed by atoms with Crippen molar-refractivity contribution in [1.82, 2.24) is 0 Å². The van der Waals surface area contributed by atoms with E-state index in [1.165, 1.54) is 12.1 Å². The Balaban J connectivity index is 2.25. The topological polar surface area (TPSA) is 64.4 Å². The lowest BCUT2D eigenvalue weighted by atomic mass is 9.79. The quantitative estimate of drug-likeness (QED) is 0.841. The molecular weight excluding hydrogens is 303 g/mol. The lowest BCUT2D eigenvalue weighted by molar-refractivity contribution is -0.126. The van der Waals surface area contributed by atoms with Gasteiger partial charge in [-0.1, -0.05) is 29.9 Å². The second-order valence-corrected chi connectivity index (χ2v) is 5.46. The molecule has 108 valence electrons. The van der Waals surface area contributed by atoms with Crippen LogP contribution in [0.15, 0.2) is 18.2 Å². The number of amides is 1. The van der Waals surface area contributed by atoms with Crippen molar-refractivity contribution < 1.29 is 13.9 Å². The Bertz CT molecular complexity index is 547. The summed E-state index contributed by atoms with van der Waals surface area (Å²) in [4.78, 5) is 12.5. The third-order valence-corrected chi connectivity index (χ3v) is 4.14. The van der Waals surface area contributed by atoms with Gasteiger partial charge in [-0.25, -0.2) is 4.39 Å². The van der Waals surface area contributed by atoms with Crippen LogP contribution in [0, 0.1) is 11.2 Å². The lowest BCUT2D eigenvalue weighted by Crippen LogP contribution is -2.49. The van der Waals surface area contributed by atoms with Gasteiger partial charge in [-0.3, -0.25) is 4.79 Å². The number of rotatable bonds is 3. The number of carbonyl (C=O) groups is 1.